The number of para-hydroxylation sites is 1. The second kappa shape index (κ2) is 6.60. The van der Waals surface area contributed by atoms with E-state index in [1.807, 2.05) is 11.3 Å². The van der Waals surface area contributed by atoms with E-state index in [-0.39, 0.29) is 0 Å². The van der Waals surface area contributed by atoms with E-state index in [0.29, 0.717) is 0 Å². The van der Waals surface area contributed by atoms with Crippen LogP contribution in [0.25, 0.3) is 10.9 Å². The first-order valence-corrected chi connectivity index (χ1v) is 10.3. The van der Waals surface area contributed by atoms with Gasteiger partial charge in [0.15, 0.2) is 0 Å². The van der Waals surface area contributed by atoms with E-state index in [1.165, 1.54) is 57.8 Å². The summed E-state index contributed by atoms with van der Waals surface area (Å²) in [6, 6.07) is 13.4. The molecule has 2 aromatic heterocycles. The molecule has 130 valence electrons. The number of nitrogens with zero attached hydrogens (tertiary/aromatic N) is 2. The molecule has 0 amide bonds. The van der Waals surface area contributed by atoms with Gasteiger partial charge in [0, 0.05) is 59.0 Å². The number of aromatic nitrogens is 1. The molecule has 25 heavy (non-hydrogen) atoms. The van der Waals surface area contributed by atoms with E-state index in [9.17, 15) is 0 Å². The Bertz CT molecular complexity index is 872. The molecular weight excluding hydrogens is 326 g/mol. The summed E-state index contributed by atoms with van der Waals surface area (Å²) in [5.74, 6) is 0. The molecule has 2 aliphatic heterocycles. The van der Waals surface area contributed by atoms with Crippen LogP contribution >= 0.6 is 11.3 Å². The number of hydrogen-bond acceptors (Lipinski definition) is 3. The van der Waals surface area contributed by atoms with Gasteiger partial charge >= 0.3 is 0 Å². The Morgan fingerprint density at radius 3 is 2.48 bits per heavy atom. The van der Waals surface area contributed by atoms with Crippen LogP contribution < -0.4 is 0 Å². The van der Waals surface area contributed by atoms with Crippen molar-refractivity contribution in [2.45, 2.75) is 38.9 Å². The van der Waals surface area contributed by atoms with Gasteiger partial charge in [0.1, 0.15) is 0 Å². The van der Waals surface area contributed by atoms with Crippen LogP contribution in [0, 0.1) is 0 Å². The number of fused-ring (bicyclic) bond motifs is 3. The van der Waals surface area contributed by atoms with E-state index in [0.717, 1.165) is 32.6 Å². The largest absolute Gasteiger partial charge is 0.358 e. The number of rotatable bonds is 4. The normalized spacial score (nSPS) is 18.9. The summed E-state index contributed by atoms with van der Waals surface area (Å²) < 4.78 is 0. The molecule has 4 heteroatoms. The van der Waals surface area contributed by atoms with Crippen LogP contribution in [-0.4, -0.2) is 34.4 Å². The van der Waals surface area contributed by atoms with Gasteiger partial charge in [-0.3, -0.25) is 9.80 Å². The van der Waals surface area contributed by atoms with Gasteiger partial charge in [-0.15, -0.1) is 11.3 Å². The zero-order valence-electron chi connectivity index (χ0n) is 14.6. The first-order valence-electron chi connectivity index (χ1n) is 9.46. The van der Waals surface area contributed by atoms with Gasteiger partial charge in [-0.05, 0) is 49.7 Å². The molecule has 0 aliphatic carbocycles. The first-order chi connectivity index (χ1) is 12.3. The van der Waals surface area contributed by atoms with Gasteiger partial charge in [-0.1, -0.05) is 18.2 Å². The third-order valence-electron chi connectivity index (χ3n) is 5.64. The molecule has 5 rings (SSSR count). The third-order valence-corrected chi connectivity index (χ3v) is 6.69. The van der Waals surface area contributed by atoms with Crippen molar-refractivity contribution in [1.29, 1.82) is 0 Å². The standard InChI is InChI=1S/C21H25N3S/c1-2-6-20-18(5-1)19-15-24(12-9-21(19)22-20)14-17-8-7-16(25-17)13-23-10-3-4-11-23/h1-2,5-8,22H,3-4,9-15H2. The number of thiophene rings is 1. The van der Waals surface area contributed by atoms with Crippen molar-refractivity contribution < 1.29 is 0 Å². The predicted molar refractivity (Wildman–Crippen MR) is 105 cm³/mol. The Morgan fingerprint density at radius 2 is 1.64 bits per heavy atom. The molecule has 0 unspecified atom stereocenters. The highest BCUT2D eigenvalue weighted by atomic mass is 32.1. The monoisotopic (exact) mass is 351 g/mol. The van der Waals surface area contributed by atoms with Crippen LogP contribution in [0.4, 0.5) is 0 Å². The highest BCUT2D eigenvalue weighted by Gasteiger charge is 2.21. The summed E-state index contributed by atoms with van der Waals surface area (Å²) in [6.45, 7) is 7.02. The van der Waals surface area contributed by atoms with Gasteiger partial charge in [0.25, 0.3) is 0 Å². The van der Waals surface area contributed by atoms with E-state index in [2.05, 4.69) is 51.2 Å². The van der Waals surface area contributed by atoms with Crippen molar-refractivity contribution in [2.75, 3.05) is 19.6 Å². The van der Waals surface area contributed by atoms with Gasteiger partial charge in [0.05, 0.1) is 0 Å². The third kappa shape index (κ3) is 3.14. The maximum Gasteiger partial charge on any atom is 0.0459 e. The summed E-state index contributed by atoms with van der Waals surface area (Å²) in [6.07, 6.45) is 3.88. The van der Waals surface area contributed by atoms with E-state index in [4.69, 9.17) is 0 Å². The van der Waals surface area contributed by atoms with Gasteiger partial charge in [-0.2, -0.15) is 0 Å². The second-order valence-electron chi connectivity index (χ2n) is 7.44. The molecule has 1 saturated heterocycles. The van der Waals surface area contributed by atoms with Crippen LogP contribution in [0.2, 0.25) is 0 Å². The Hall–Kier alpha value is -1.62. The van der Waals surface area contributed by atoms with Crippen molar-refractivity contribution in [3.63, 3.8) is 0 Å². The fourth-order valence-electron chi connectivity index (χ4n) is 4.33. The van der Waals surface area contributed by atoms with Crippen LogP contribution in [0.1, 0.15) is 33.9 Å². The van der Waals surface area contributed by atoms with Gasteiger partial charge in [-0.25, -0.2) is 0 Å². The highest BCUT2D eigenvalue weighted by Crippen LogP contribution is 2.29. The molecule has 1 aromatic carbocycles. The number of H-pyrrole nitrogens is 1. The quantitative estimate of drug-likeness (QED) is 0.753. The fourth-order valence-corrected chi connectivity index (χ4v) is 5.43. The minimum absolute atomic E-state index is 1.07. The van der Waals surface area contributed by atoms with Crippen LogP contribution in [0.3, 0.4) is 0 Å². The van der Waals surface area contributed by atoms with E-state index < -0.39 is 0 Å². The average Bonchev–Trinajstić information content (AvgIpc) is 3.36. The Kier molecular flexibility index (Phi) is 4.12. The Balaban J connectivity index is 1.28. The molecule has 0 spiro atoms. The van der Waals surface area contributed by atoms with Gasteiger partial charge in [0.2, 0.25) is 0 Å². The zero-order valence-corrected chi connectivity index (χ0v) is 15.4. The summed E-state index contributed by atoms with van der Waals surface area (Å²) >= 11 is 2.01. The summed E-state index contributed by atoms with van der Waals surface area (Å²) in [5, 5.41) is 1.41. The maximum absolute atomic E-state index is 3.62. The molecule has 1 fully saturated rings. The van der Waals surface area contributed by atoms with Gasteiger partial charge < -0.3 is 4.98 Å². The lowest BCUT2D eigenvalue weighted by molar-refractivity contribution is 0.248. The minimum Gasteiger partial charge on any atom is -0.358 e. The van der Waals surface area contributed by atoms with E-state index in [1.54, 1.807) is 0 Å². The highest BCUT2D eigenvalue weighted by molar-refractivity contribution is 7.11. The number of benzene rings is 1. The molecule has 2 aliphatic rings. The van der Waals surface area contributed by atoms with Crippen molar-refractivity contribution in [3.8, 4) is 0 Å². The first kappa shape index (κ1) is 15.6. The van der Waals surface area contributed by atoms with Crippen molar-refractivity contribution in [1.82, 2.24) is 14.8 Å². The summed E-state index contributed by atoms with van der Waals surface area (Å²) in [7, 11) is 0. The smallest absolute Gasteiger partial charge is 0.0459 e. The van der Waals surface area contributed by atoms with Crippen LogP contribution in [0.5, 0.6) is 0 Å². The fraction of sp³-hybridized carbons (Fsp3) is 0.429. The molecule has 1 N–H and O–H groups in total. The maximum atomic E-state index is 3.62. The Morgan fingerprint density at radius 1 is 0.880 bits per heavy atom. The molecule has 0 saturated carbocycles. The second-order valence-corrected chi connectivity index (χ2v) is 8.69. The average molecular weight is 352 g/mol. The molecule has 3 nitrogen and oxygen atoms in total. The molecule has 3 aromatic rings. The number of likely N-dealkylation sites (tertiary alicyclic amines) is 1. The molecule has 0 atom stereocenters. The zero-order chi connectivity index (χ0) is 16.6. The summed E-state index contributed by atoms with van der Waals surface area (Å²) in [4.78, 5) is 11.9. The Labute approximate surface area is 153 Å². The number of nitrogens with one attached hydrogen (secondary N) is 1. The minimum atomic E-state index is 1.07. The number of aromatic amines is 1. The lowest BCUT2D eigenvalue weighted by atomic mass is 10.0. The molecule has 4 heterocycles. The van der Waals surface area contributed by atoms with Crippen LogP contribution in [0.15, 0.2) is 36.4 Å². The molecule has 0 bridgehead atoms. The molecular formula is C21H25N3S. The summed E-state index contributed by atoms with van der Waals surface area (Å²) in [5.41, 5.74) is 4.24. The van der Waals surface area contributed by atoms with Crippen molar-refractivity contribution in [3.05, 3.63) is 57.4 Å². The van der Waals surface area contributed by atoms with Crippen molar-refractivity contribution >= 4 is 22.2 Å². The van der Waals surface area contributed by atoms with Crippen LogP contribution in [-0.2, 0) is 26.1 Å². The van der Waals surface area contributed by atoms with Crippen molar-refractivity contribution in [2.24, 2.45) is 0 Å². The lowest BCUT2D eigenvalue weighted by Crippen LogP contribution is -2.29. The SMILES string of the molecule is c1ccc2c3c([nH]c2c1)CCN(Cc1ccc(CN2CCCC2)s1)C3. The topological polar surface area (TPSA) is 22.3 Å². The molecule has 0 radical (unpaired) electrons. The lowest BCUT2D eigenvalue weighted by Gasteiger charge is -2.26. The van der Waals surface area contributed by atoms with E-state index >= 15 is 0 Å². The number of hydrogen-bond donors (Lipinski definition) is 1. The predicted octanol–water partition coefficient (Wildman–Crippen LogP) is 4.38.